The van der Waals surface area contributed by atoms with E-state index in [1.54, 1.807) is 55.6 Å². The van der Waals surface area contributed by atoms with Crippen molar-refractivity contribution in [3.05, 3.63) is 48.5 Å². The third-order valence-corrected chi connectivity index (χ3v) is 4.06. The van der Waals surface area contributed by atoms with Gasteiger partial charge in [-0.3, -0.25) is 19.3 Å². The number of esters is 1. The van der Waals surface area contributed by atoms with E-state index in [-0.39, 0.29) is 25.5 Å². The summed E-state index contributed by atoms with van der Waals surface area (Å²) in [5.74, 6) is -0.0200. The molecule has 28 heavy (non-hydrogen) atoms. The molecule has 0 aliphatic carbocycles. The van der Waals surface area contributed by atoms with Crippen molar-refractivity contribution < 1.29 is 28.6 Å². The third-order valence-electron chi connectivity index (χ3n) is 4.06. The van der Waals surface area contributed by atoms with Crippen LogP contribution in [0.1, 0.15) is 6.42 Å². The highest BCUT2D eigenvalue weighted by atomic mass is 16.5. The van der Waals surface area contributed by atoms with E-state index in [4.69, 9.17) is 14.2 Å². The van der Waals surface area contributed by atoms with Crippen molar-refractivity contribution in [2.45, 2.75) is 6.42 Å². The molecule has 0 bridgehead atoms. The Morgan fingerprint density at radius 1 is 1.07 bits per heavy atom. The Morgan fingerprint density at radius 3 is 2.54 bits per heavy atom. The number of amides is 2. The first-order chi connectivity index (χ1) is 13.6. The van der Waals surface area contributed by atoms with Crippen LogP contribution in [0.5, 0.6) is 11.5 Å². The smallest absolute Gasteiger partial charge is 0.309 e. The molecule has 0 fully saturated rings. The van der Waals surface area contributed by atoms with E-state index in [0.717, 1.165) is 0 Å². The maximum atomic E-state index is 12.4. The van der Waals surface area contributed by atoms with E-state index in [2.05, 4.69) is 5.32 Å². The van der Waals surface area contributed by atoms with E-state index in [1.807, 2.05) is 0 Å². The highest BCUT2D eigenvalue weighted by Crippen LogP contribution is 2.28. The van der Waals surface area contributed by atoms with Crippen LogP contribution in [0.15, 0.2) is 48.5 Å². The molecule has 1 aliphatic rings. The van der Waals surface area contributed by atoms with Crippen LogP contribution in [0, 0.1) is 0 Å². The Labute approximate surface area is 162 Å². The first kappa shape index (κ1) is 19.2. The van der Waals surface area contributed by atoms with Crippen molar-refractivity contribution >= 4 is 29.2 Å². The molecule has 8 heteroatoms. The molecule has 0 unspecified atom stereocenters. The van der Waals surface area contributed by atoms with Gasteiger partial charge < -0.3 is 19.5 Å². The molecule has 0 saturated carbocycles. The molecule has 1 N–H and O–H groups in total. The van der Waals surface area contributed by atoms with Gasteiger partial charge in [-0.05, 0) is 36.4 Å². The molecular formula is C20H20N2O6. The zero-order chi connectivity index (χ0) is 19.9. The Morgan fingerprint density at radius 2 is 1.79 bits per heavy atom. The lowest BCUT2D eigenvalue weighted by Gasteiger charge is -2.28. The van der Waals surface area contributed by atoms with Gasteiger partial charge in [-0.15, -0.1) is 0 Å². The minimum atomic E-state index is -0.559. The quantitative estimate of drug-likeness (QED) is 0.734. The molecule has 0 radical (unpaired) electrons. The van der Waals surface area contributed by atoms with E-state index in [9.17, 15) is 14.4 Å². The average Bonchev–Trinajstić information content (AvgIpc) is 2.71. The molecule has 2 aromatic carbocycles. The highest BCUT2D eigenvalue weighted by molar-refractivity contribution is 6.10. The normalized spacial score (nSPS) is 12.6. The molecule has 0 spiro atoms. The number of ether oxygens (including phenoxy) is 3. The van der Waals surface area contributed by atoms with E-state index in [1.165, 1.54) is 4.90 Å². The lowest BCUT2D eigenvalue weighted by molar-refractivity contribution is -0.148. The number of nitrogens with zero attached hydrogens (tertiary/aromatic N) is 1. The number of anilines is 2. The SMILES string of the molecule is COc1ccc(OCCC(=O)OCC(=O)N2CC(=O)Nc3ccccc32)cc1. The van der Waals surface area contributed by atoms with Crippen LogP contribution in [0.4, 0.5) is 11.4 Å². The number of carbonyl (C=O) groups is 3. The van der Waals surface area contributed by atoms with E-state index >= 15 is 0 Å². The minimum absolute atomic E-state index is 0.00359. The van der Waals surface area contributed by atoms with Gasteiger partial charge >= 0.3 is 5.97 Å². The molecule has 0 aromatic heterocycles. The number of para-hydroxylation sites is 2. The number of benzene rings is 2. The summed E-state index contributed by atoms with van der Waals surface area (Å²) in [4.78, 5) is 37.3. The van der Waals surface area contributed by atoms with Crippen molar-refractivity contribution in [2.24, 2.45) is 0 Å². The maximum absolute atomic E-state index is 12.4. The fourth-order valence-corrected chi connectivity index (χ4v) is 2.67. The lowest BCUT2D eigenvalue weighted by atomic mass is 10.2. The van der Waals surface area contributed by atoms with Crippen LogP contribution in [-0.2, 0) is 19.1 Å². The maximum Gasteiger partial charge on any atom is 0.309 e. The van der Waals surface area contributed by atoms with Crippen LogP contribution in [0.3, 0.4) is 0 Å². The van der Waals surface area contributed by atoms with Crippen molar-refractivity contribution in [1.82, 2.24) is 0 Å². The largest absolute Gasteiger partial charge is 0.497 e. The van der Waals surface area contributed by atoms with Gasteiger partial charge in [0.1, 0.15) is 18.0 Å². The average molecular weight is 384 g/mol. The Bertz CT molecular complexity index is 865. The number of carbonyl (C=O) groups excluding carboxylic acids is 3. The molecule has 3 rings (SSSR count). The van der Waals surface area contributed by atoms with Gasteiger partial charge in [0.2, 0.25) is 5.91 Å². The van der Waals surface area contributed by atoms with Gasteiger partial charge in [0.25, 0.3) is 5.91 Å². The molecule has 0 atom stereocenters. The molecule has 0 saturated heterocycles. The highest BCUT2D eigenvalue weighted by Gasteiger charge is 2.27. The Kier molecular flexibility index (Phi) is 6.11. The zero-order valence-electron chi connectivity index (χ0n) is 15.3. The fourth-order valence-electron chi connectivity index (χ4n) is 2.67. The third kappa shape index (κ3) is 4.79. The second-order valence-electron chi connectivity index (χ2n) is 5.98. The Balaban J connectivity index is 1.45. The van der Waals surface area contributed by atoms with Gasteiger partial charge in [-0.1, -0.05) is 12.1 Å². The fraction of sp³-hybridized carbons (Fsp3) is 0.250. The molecule has 1 heterocycles. The number of nitrogens with one attached hydrogen (secondary N) is 1. The van der Waals surface area contributed by atoms with Crippen molar-refractivity contribution in [1.29, 1.82) is 0 Å². The number of hydrogen-bond donors (Lipinski definition) is 1. The number of fused-ring (bicyclic) bond motifs is 1. The standard InChI is InChI=1S/C20H20N2O6/c1-26-14-6-8-15(9-7-14)27-11-10-20(25)28-13-19(24)22-12-18(23)21-16-4-2-3-5-17(16)22/h2-9H,10-13H2,1H3,(H,21,23). The first-order valence-electron chi connectivity index (χ1n) is 8.68. The van der Waals surface area contributed by atoms with Crippen molar-refractivity contribution in [2.75, 3.05) is 37.1 Å². The summed E-state index contributed by atoms with van der Waals surface area (Å²) >= 11 is 0. The van der Waals surface area contributed by atoms with E-state index in [0.29, 0.717) is 22.9 Å². The molecule has 2 amide bonds. The van der Waals surface area contributed by atoms with Crippen LogP contribution in [0.25, 0.3) is 0 Å². The Hall–Kier alpha value is -3.55. The van der Waals surface area contributed by atoms with Crippen LogP contribution < -0.4 is 19.7 Å². The first-order valence-corrected chi connectivity index (χ1v) is 8.68. The minimum Gasteiger partial charge on any atom is -0.497 e. The monoisotopic (exact) mass is 384 g/mol. The second-order valence-corrected chi connectivity index (χ2v) is 5.98. The summed E-state index contributed by atoms with van der Waals surface area (Å²) in [6.45, 7) is -0.439. The summed E-state index contributed by atoms with van der Waals surface area (Å²) in [6, 6.07) is 13.9. The molecular weight excluding hydrogens is 364 g/mol. The van der Waals surface area contributed by atoms with Crippen molar-refractivity contribution in [3.8, 4) is 11.5 Å². The van der Waals surface area contributed by atoms with Gasteiger partial charge in [-0.25, -0.2) is 0 Å². The second kappa shape index (κ2) is 8.90. The van der Waals surface area contributed by atoms with Crippen molar-refractivity contribution in [3.63, 3.8) is 0 Å². The zero-order valence-corrected chi connectivity index (χ0v) is 15.3. The molecule has 146 valence electrons. The summed E-state index contributed by atoms with van der Waals surface area (Å²) in [5.41, 5.74) is 1.12. The molecule has 2 aromatic rings. The summed E-state index contributed by atoms with van der Waals surface area (Å²) in [7, 11) is 1.57. The summed E-state index contributed by atoms with van der Waals surface area (Å²) < 4.78 is 15.5. The summed E-state index contributed by atoms with van der Waals surface area (Å²) in [6.07, 6.45) is -0.00359. The van der Waals surface area contributed by atoms with Gasteiger partial charge in [0, 0.05) is 0 Å². The van der Waals surface area contributed by atoms with E-state index < -0.39 is 18.5 Å². The summed E-state index contributed by atoms with van der Waals surface area (Å²) in [5, 5.41) is 2.70. The van der Waals surface area contributed by atoms with Crippen LogP contribution >= 0.6 is 0 Å². The molecule has 8 nitrogen and oxygen atoms in total. The van der Waals surface area contributed by atoms with Gasteiger partial charge in [0.05, 0.1) is 31.5 Å². The van der Waals surface area contributed by atoms with Crippen LogP contribution in [0.2, 0.25) is 0 Å². The van der Waals surface area contributed by atoms with Crippen LogP contribution in [-0.4, -0.2) is 44.7 Å². The molecule has 1 aliphatic heterocycles. The number of hydrogen-bond acceptors (Lipinski definition) is 6. The predicted octanol–water partition coefficient (Wildman–Crippen LogP) is 1.99. The predicted molar refractivity (Wildman–Crippen MR) is 101 cm³/mol. The van der Waals surface area contributed by atoms with Gasteiger partial charge in [-0.2, -0.15) is 0 Å². The number of rotatable bonds is 7. The number of methoxy groups -OCH3 is 1. The topological polar surface area (TPSA) is 94.2 Å². The lowest BCUT2D eigenvalue weighted by Crippen LogP contribution is -2.44. The van der Waals surface area contributed by atoms with Gasteiger partial charge in [0.15, 0.2) is 6.61 Å².